The number of thiazole rings is 1. The molecule has 0 spiro atoms. The van der Waals surface area contributed by atoms with Crippen molar-refractivity contribution in [3.05, 3.63) is 35.6 Å². The molecule has 6 N–H and O–H groups in total. The third-order valence-electron chi connectivity index (χ3n) is 6.57. The highest BCUT2D eigenvalue weighted by atomic mass is 32.3. The molecule has 4 heterocycles. The summed E-state index contributed by atoms with van der Waals surface area (Å²) < 4.78 is 46.4. The van der Waals surface area contributed by atoms with E-state index < -0.39 is 58.2 Å². The van der Waals surface area contributed by atoms with Crippen molar-refractivity contribution >= 4 is 50.4 Å². The lowest BCUT2D eigenvalue weighted by Crippen LogP contribution is -2.76. The molecule has 3 aromatic rings. The highest BCUT2D eigenvalue weighted by Crippen LogP contribution is 2.33. The molecule has 248 valence electrons. The number of nitrogens with one attached hydrogen (secondary N) is 1. The molecular weight excluding hydrogens is 652 g/mol. The van der Waals surface area contributed by atoms with Crippen LogP contribution in [0, 0.1) is 0 Å². The molecule has 0 radical (unpaired) electrons. The average molecular weight is 683 g/mol. The van der Waals surface area contributed by atoms with E-state index in [-0.39, 0.29) is 16.7 Å². The maximum Gasteiger partial charge on any atom is 0.351 e. The lowest BCUT2D eigenvalue weighted by atomic mass is 9.84. The van der Waals surface area contributed by atoms with Crippen molar-refractivity contribution in [2.24, 2.45) is 17.9 Å². The van der Waals surface area contributed by atoms with Crippen LogP contribution in [0.15, 0.2) is 35.1 Å². The molecule has 0 saturated carbocycles. The van der Waals surface area contributed by atoms with Crippen molar-refractivity contribution in [3.63, 3.8) is 0 Å². The Labute approximate surface area is 265 Å². The summed E-state index contributed by atoms with van der Waals surface area (Å²) in [7, 11) is -3.40. The fraction of sp³-hybridized carbons (Fsp3) is 0.417. The van der Waals surface area contributed by atoms with Gasteiger partial charge in [-0.2, -0.15) is 14.0 Å². The monoisotopic (exact) mass is 682 g/mol. The van der Waals surface area contributed by atoms with Crippen molar-refractivity contribution in [2.45, 2.75) is 44.5 Å². The van der Waals surface area contributed by atoms with Crippen LogP contribution in [0.1, 0.15) is 26.0 Å². The first kappa shape index (κ1) is 34.1. The minimum Gasteiger partial charge on any atom is -0.724 e. The van der Waals surface area contributed by atoms with E-state index in [1.807, 2.05) is 28.8 Å². The van der Waals surface area contributed by atoms with Gasteiger partial charge in [-0.25, -0.2) is 18.2 Å². The van der Waals surface area contributed by atoms with Gasteiger partial charge in [0.25, 0.3) is 17.9 Å². The number of anilines is 1. The second-order valence-electron chi connectivity index (χ2n) is 10.3. The predicted molar refractivity (Wildman–Crippen MR) is 155 cm³/mol. The number of carboxylic acids is 1. The molecule has 3 aromatic heterocycles. The molecule has 0 aromatic carbocycles. The molecule has 46 heavy (non-hydrogen) atoms. The summed E-state index contributed by atoms with van der Waals surface area (Å²) in [5.74, 6) is -3.62. The largest absolute Gasteiger partial charge is 0.724 e. The lowest BCUT2D eigenvalue weighted by molar-refractivity contribution is -0.753. The van der Waals surface area contributed by atoms with Crippen molar-refractivity contribution in [1.29, 1.82) is 0 Å². The van der Waals surface area contributed by atoms with Crippen molar-refractivity contribution in [2.75, 3.05) is 18.9 Å². The van der Waals surface area contributed by atoms with Crippen molar-refractivity contribution < 1.29 is 51.0 Å². The van der Waals surface area contributed by atoms with Gasteiger partial charge >= 0.3 is 5.97 Å². The quantitative estimate of drug-likeness (QED) is 0.0334. The van der Waals surface area contributed by atoms with Crippen LogP contribution < -0.4 is 26.2 Å². The van der Waals surface area contributed by atoms with Gasteiger partial charge in [0.15, 0.2) is 17.9 Å². The third kappa shape index (κ3) is 7.89. The molecule has 22 heteroatoms. The van der Waals surface area contributed by atoms with Gasteiger partial charge in [0.2, 0.25) is 22.5 Å². The number of hydroxylamine groups is 2. The van der Waals surface area contributed by atoms with E-state index in [9.17, 15) is 32.5 Å². The lowest BCUT2D eigenvalue weighted by Gasteiger charge is -2.51. The Morgan fingerprint density at radius 2 is 2.07 bits per heavy atom. The average Bonchev–Trinajstić information content (AvgIpc) is 3.59. The van der Waals surface area contributed by atoms with E-state index in [2.05, 4.69) is 29.9 Å². The van der Waals surface area contributed by atoms with Crippen LogP contribution in [0.5, 0.6) is 5.88 Å². The number of rotatable bonds is 15. The number of carbonyl (C=O) groups is 3. The van der Waals surface area contributed by atoms with Gasteiger partial charge in [-0.05, 0) is 32.9 Å². The number of aryl methyl sites for hydroxylation is 2. The molecule has 1 fully saturated rings. The summed E-state index contributed by atoms with van der Waals surface area (Å²) in [4.78, 5) is 46.6. The number of oxime groups is 1. The van der Waals surface area contributed by atoms with Crippen LogP contribution in [-0.4, -0.2) is 97.3 Å². The molecule has 20 nitrogen and oxygen atoms in total. The number of hydrogen-bond acceptors (Lipinski definition) is 16. The summed E-state index contributed by atoms with van der Waals surface area (Å²) in [5, 5.41) is 25.5. The first-order valence-electron chi connectivity index (χ1n) is 13.3. The van der Waals surface area contributed by atoms with Crippen LogP contribution in [0.3, 0.4) is 0 Å². The van der Waals surface area contributed by atoms with E-state index in [1.165, 1.54) is 25.3 Å². The Hall–Kier alpha value is -4.77. The summed E-state index contributed by atoms with van der Waals surface area (Å²) in [5.41, 5.74) is 10.4. The molecule has 0 unspecified atom stereocenters. The van der Waals surface area contributed by atoms with E-state index in [4.69, 9.17) is 21.0 Å². The maximum absolute atomic E-state index is 13.2. The summed E-state index contributed by atoms with van der Waals surface area (Å²) in [6.45, 7) is 3.32. The minimum absolute atomic E-state index is 0.0163. The zero-order chi connectivity index (χ0) is 33.8. The Bertz CT molecular complexity index is 1740. The number of hydrogen-bond donors (Lipinski definition) is 4. The second-order valence-corrected chi connectivity index (χ2v) is 12.1. The van der Waals surface area contributed by atoms with Crippen LogP contribution in [0.2, 0.25) is 0 Å². The standard InChI is InChI=1S/C24H30N10O10S2/c1-24(2)19(21(36)34(24)44-46(39,40)41)28-20(35)18(15-12-45-23(26)27-15)31-43-16(22(37)38)11-42-17-6-5-14(29-30-17)13-9-32(3)33(10-13)8-4-7-25/h5-6,9-10,12,16,19H,4,7-8,11,25H2,1-3H3,(H4-,26,27,28,35,37,38,39,40,41)/b31-18-/t16-,19+/m0/s1. The SMILES string of the molecule is C[n+]1cc(-c2ccc(OC[C@H](O/N=C(\C(=O)N[C@@H]3C(=O)N(OS(=O)(=O)[O-])C3(C)C)c3csc(N)n3)C(=O)O)nn2)cn1CCCN. The number of nitrogen functional groups attached to an aromatic ring is 1. The van der Waals surface area contributed by atoms with Gasteiger partial charge in [0.05, 0.1) is 23.8 Å². The Morgan fingerprint density at radius 3 is 2.63 bits per heavy atom. The van der Waals surface area contributed by atoms with E-state index >= 15 is 0 Å². The summed E-state index contributed by atoms with van der Waals surface area (Å²) >= 11 is 0.939. The molecule has 0 aliphatic carbocycles. The van der Waals surface area contributed by atoms with Crippen LogP contribution in [-0.2, 0) is 47.5 Å². The van der Waals surface area contributed by atoms with Gasteiger partial charge in [0, 0.05) is 11.4 Å². The summed E-state index contributed by atoms with van der Waals surface area (Å²) in [6.07, 6.45) is 2.80. The second kappa shape index (κ2) is 13.7. The van der Waals surface area contributed by atoms with Crippen molar-refractivity contribution in [3.8, 4) is 17.1 Å². The number of aromatic nitrogens is 5. The van der Waals surface area contributed by atoms with Gasteiger partial charge in [-0.15, -0.1) is 26.2 Å². The smallest absolute Gasteiger partial charge is 0.351 e. The molecule has 2 amide bonds. The van der Waals surface area contributed by atoms with Gasteiger partial charge < -0.3 is 36.0 Å². The fourth-order valence-electron chi connectivity index (χ4n) is 4.16. The first-order chi connectivity index (χ1) is 21.6. The highest BCUT2D eigenvalue weighted by molar-refractivity contribution is 7.80. The third-order valence-corrected chi connectivity index (χ3v) is 7.58. The zero-order valence-corrected chi connectivity index (χ0v) is 26.2. The van der Waals surface area contributed by atoms with Crippen LogP contribution in [0.4, 0.5) is 5.13 Å². The Morgan fingerprint density at radius 1 is 1.33 bits per heavy atom. The number of nitrogens with zero attached hydrogens (tertiary/aromatic N) is 7. The number of carboxylic acid groups (broad SMARTS) is 1. The number of carbonyl (C=O) groups excluding carboxylic acids is 2. The van der Waals surface area contributed by atoms with Crippen LogP contribution >= 0.6 is 11.3 Å². The number of amides is 2. The molecule has 1 aliphatic rings. The number of nitrogens with two attached hydrogens (primary N) is 2. The molecular formula is C24H30N10O10S2. The van der Waals surface area contributed by atoms with Gasteiger partial charge in [-0.3, -0.25) is 9.59 Å². The Kier molecular flexibility index (Phi) is 10.2. The molecule has 0 bridgehead atoms. The number of aliphatic carboxylic acids is 1. The van der Waals surface area contributed by atoms with Crippen molar-refractivity contribution in [1.82, 2.24) is 30.2 Å². The van der Waals surface area contributed by atoms with Gasteiger partial charge in [-0.1, -0.05) is 5.16 Å². The van der Waals surface area contributed by atoms with Gasteiger partial charge in [0.1, 0.15) is 24.0 Å². The minimum atomic E-state index is -5.27. The maximum atomic E-state index is 13.2. The molecule has 2 atom stereocenters. The number of ether oxygens (including phenoxy) is 1. The summed E-state index contributed by atoms with van der Waals surface area (Å²) in [6, 6.07) is 1.76. The zero-order valence-electron chi connectivity index (χ0n) is 24.6. The predicted octanol–water partition coefficient (Wildman–Crippen LogP) is -2.09. The number of β-lactam (4-membered cyclic amide) rings is 1. The highest BCUT2D eigenvalue weighted by Gasteiger charge is 2.57. The normalized spacial score (nSPS) is 16.9. The topological polar surface area (TPSA) is 283 Å². The van der Waals surface area contributed by atoms with E-state index in [1.54, 1.807) is 6.07 Å². The molecule has 1 aliphatic heterocycles. The van der Waals surface area contributed by atoms with E-state index in [0.717, 1.165) is 29.9 Å². The molecule has 1 saturated heterocycles. The van der Waals surface area contributed by atoms with Crippen LogP contribution in [0.25, 0.3) is 11.3 Å². The first-order valence-corrected chi connectivity index (χ1v) is 15.5. The molecule has 4 rings (SSSR count). The fourth-order valence-corrected chi connectivity index (χ4v) is 5.16. The van der Waals surface area contributed by atoms with E-state index in [0.29, 0.717) is 17.3 Å². The Balaban J connectivity index is 1.44.